The van der Waals surface area contributed by atoms with Crippen LogP contribution in [-0.4, -0.2) is 52.8 Å². The minimum absolute atomic E-state index is 0.0634. The van der Waals surface area contributed by atoms with Crippen LogP contribution in [0.1, 0.15) is 38.1 Å². The zero-order valence-electron chi connectivity index (χ0n) is 13.3. The Morgan fingerprint density at radius 3 is 2.78 bits per heavy atom. The molecule has 3 heterocycles. The molecule has 1 aromatic rings. The molecule has 7 heteroatoms. The van der Waals surface area contributed by atoms with Gasteiger partial charge in [-0.25, -0.2) is 4.79 Å². The molecule has 1 saturated carbocycles. The van der Waals surface area contributed by atoms with Crippen LogP contribution in [0.2, 0.25) is 0 Å². The number of anilines is 1. The fourth-order valence-electron chi connectivity index (χ4n) is 3.80. The van der Waals surface area contributed by atoms with Crippen molar-refractivity contribution < 1.29 is 9.59 Å². The molecule has 0 atom stereocenters. The lowest BCUT2D eigenvalue weighted by Crippen LogP contribution is -2.51. The van der Waals surface area contributed by atoms with E-state index in [4.69, 9.17) is 0 Å². The van der Waals surface area contributed by atoms with Gasteiger partial charge in [-0.1, -0.05) is 12.8 Å². The van der Waals surface area contributed by atoms with Gasteiger partial charge in [0.15, 0.2) is 0 Å². The number of carbonyl (C=O) groups excluding carboxylic acids is 2. The zero-order valence-corrected chi connectivity index (χ0v) is 13.3. The standard InChI is InChI=1S/C16H23N5O2/c22-15(7-12-3-1-2-4-12)19-9-14(10-19)21-11-13(8-18-21)20-6-5-17-16(20)23/h8,11-12,14H,1-7,9-10H2,(H,17,23). The first-order chi connectivity index (χ1) is 11.2. The Labute approximate surface area is 135 Å². The molecule has 1 N–H and O–H groups in total. The Bertz CT molecular complexity index is 601. The molecule has 1 aromatic heterocycles. The van der Waals surface area contributed by atoms with Gasteiger partial charge in [0, 0.05) is 38.8 Å². The van der Waals surface area contributed by atoms with Crippen LogP contribution in [-0.2, 0) is 4.79 Å². The lowest BCUT2D eigenvalue weighted by molar-refractivity contribution is -0.138. The Morgan fingerprint density at radius 2 is 2.09 bits per heavy atom. The molecule has 4 rings (SSSR count). The van der Waals surface area contributed by atoms with Gasteiger partial charge in [-0.2, -0.15) is 5.10 Å². The summed E-state index contributed by atoms with van der Waals surface area (Å²) in [6, 6.07) is 0.175. The molecule has 124 valence electrons. The highest BCUT2D eigenvalue weighted by Crippen LogP contribution is 2.30. The summed E-state index contributed by atoms with van der Waals surface area (Å²) >= 11 is 0. The summed E-state index contributed by atoms with van der Waals surface area (Å²) in [6.45, 7) is 2.83. The van der Waals surface area contributed by atoms with Crippen LogP contribution < -0.4 is 10.2 Å². The number of nitrogens with zero attached hydrogens (tertiary/aromatic N) is 4. The molecule has 2 saturated heterocycles. The van der Waals surface area contributed by atoms with Crippen molar-refractivity contribution in [3.05, 3.63) is 12.4 Å². The van der Waals surface area contributed by atoms with Crippen molar-refractivity contribution in [3.8, 4) is 0 Å². The van der Waals surface area contributed by atoms with Gasteiger partial charge in [0.25, 0.3) is 0 Å². The van der Waals surface area contributed by atoms with Gasteiger partial charge in [-0.05, 0) is 18.8 Å². The molecule has 2 aliphatic heterocycles. The Balaban J connectivity index is 1.30. The van der Waals surface area contributed by atoms with Crippen molar-refractivity contribution in [2.75, 3.05) is 31.1 Å². The number of rotatable bonds is 4. The van der Waals surface area contributed by atoms with E-state index in [0.29, 0.717) is 31.3 Å². The minimum Gasteiger partial charge on any atom is -0.338 e. The topological polar surface area (TPSA) is 70.5 Å². The van der Waals surface area contributed by atoms with Crippen LogP contribution in [0, 0.1) is 5.92 Å². The fraction of sp³-hybridized carbons (Fsp3) is 0.688. The first kappa shape index (κ1) is 14.5. The van der Waals surface area contributed by atoms with Gasteiger partial charge in [0.2, 0.25) is 5.91 Å². The summed E-state index contributed by atoms with van der Waals surface area (Å²) in [5, 5.41) is 7.16. The molecule has 3 amide bonds. The normalized spacial score (nSPS) is 22.5. The number of likely N-dealkylation sites (tertiary alicyclic amines) is 1. The smallest absolute Gasteiger partial charge is 0.322 e. The molecule has 23 heavy (non-hydrogen) atoms. The van der Waals surface area contributed by atoms with E-state index >= 15 is 0 Å². The van der Waals surface area contributed by atoms with E-state index in [9.17, 15) is 9.59 Å². The van der Waals surface area contributed by atoms with Gasteiger partial charge in [-0.3, -0.25) is 14.4 Å². The van der Waals surface area contributed by atoms with Crippen LogP contribution in [0.15, 0.2) is 12.4 Å². The Hall–Kier alpha value is -2.05. The van der Waals surface area contributed by atoms with Crippen LogP contribution >= 0.6 is 0 Å². The van der Waals surface area contributed by atoms with Crippen molar-refractivity contribution in [1.29, 1.82) is 0 Å². The largest absolute Gasteiger partial charge is 0.338 e. The molecule has 0 aromatic carbocycles. The van der Waals surface area contributed by atoms with E-state index in [1.165, 1.54) is 25.7 Å². The molecule has 1 aliphatic carbocycles. The number of hydrogen-bond acceptors (Lipinski definition) is 3. The van der Waals surface area contributed by atoms with Crippen LogP contribution in [0.25, 0.3) is 0 Å². The third-order valence-corrected chi connectivity index (χ3v) is 5.28. The average molecular weight is 317 g/mol. The summed E-state index contributed by atoms with van der Waals surface area (Å²) in [5.41, 5.74) is 0.829. The second-order valence-electron chi connectivity index (χ2n) is 6.87. The molecule has 7 nitrogen and oxygen atoms in total. The number of hydrogen-bond donors (Lipinski definition) is 1. The van der Waals surface area contributed by atoms with Crippen LogP contribution in [0.4, 0.5) is 10.5 Å². The minimum atomic E-state index is -0.0634. The van der Waals surface area contributed by atoms with E-state index in [1.54, 1.807) is 11.1 Å². The second-order valence-corrected chi connectivity index (χ2v) is 6.87. The first-order valence-electron chi connectivity index (χ1n) is 8.58. The Kier molecular flexibility index (Phi) is 3.71. The molecule has 0 bridgehead atoms. The quantitative estimate of drug-likeness (QED) is 0.912. The van der Waals surface area contributed by atoms with Gasteiger partial charge in [-0.15, -0.1) is 0 Å². The third kappa shape index (κ3) is 2.80. The fourth-order valence-corrected chi connectivity index (χ4v) is 3.80. The highest BCUT2D eigenvalue weighted by Gasteiger charge is 2.34. The van der Waals surface area contributed by atoms with Crippen molar-refractivity contribution >= 4 is 17.6 Å². The SMILES string of the molecule is O=C(CC1CCCC1)N1CC(n2cc(N3CCNC3=O)cn2)C1. The average Bonchev–Trinajstić information content (AvgIpc) is 3.18. The van der Waals surface area contributed by atoms with Gasteiger partial charge < -0.3 is 10.2 Å². The monoisotopic (exact) mass is 317 g/mol. The number of amides is 3. The molecular weight excluding hydrogens is 294 g/mol. The lowest BCUT2D eigenvalue weighted by atomic mass is 10.0. The molecule has 0 unspecified atom stereocenters. The van der Waals surface area contributed by atoms with E-state index in [-0.39, 0.29) is 12.1 Å². The molecular formula is C16H23N5O2. The number of urea groups is 1. The van der Waals surface area contributed by atoms with E-state index in [2.05, 4.69) is 10.4 Å². The lowest BCUT2D eigenvalue weighted by Gasteiger charge is -2.39. The van der Waals surface area contributed by atoms with Crippen molar-refractivity contribution in [3.63, 3.8) is 0 Å². The highest BCUT2D eigenvalue weighted by atomic mass is 16.2. The summed E-state index contributed by atoms with van der Waals surface area (Å²) in [7, 11) is 0. The maximum absolute atomic E-state index is 12.3. The second kappa shape index (κ2) is 5.86. The van der Waals surface area contributed by atoms with Gasteiger partial charge in [0.1, 0.15) is 0 Å². The summed E-state index contributed by atoms with van der Waals surface area (Å²) in [5.74, 6) is 0.894. The van der Waals surface area contributed by atoms with Crippen molar-refractivity contribution in [1.82, 2.24) is 20.0 Å². The van der Waals surface area contributed by atoms with E-state index < -0.39 is 0 Å². The summed E-state index contributed by atoms with van der Waals surface area (Å²) in [6.07, 6.45) is 9.33. The van der Waals surface area contributed by atoms with Crippen molar-refractivity contribution in [2.45, 2.75) is 38.1 Å². The van der Waals surface area contributed by atoms with Crippen LogP contribution in [0.5, 0.6) is 0 Å². The zero-order chi connectivity index (χ0) is 15.8. The summed E-state index contributed by atoms with van der Waals surface area (Å²) in [4.78, 5) is 27.6. The number of aromatic nitrogens is 2. The molecule has 3 aliphatic rings. The first-order valence-corrected chi connectivity index (χ1v) is 8.58. The maximum Gasteiger partial charge on any atom is 0.322 e. The number of carbonyl (C=O) groups is 2. The predicted octanol–water partition coefficient (Wildman–Crippen LogP) is 1.38. The van der Waals surface area contributed by atoms with E-state index in [1.807, 2.05) is 15.8 Å². The molecule has 3 fully saturated rings. The molecule has 0 radical (unpaired) electrons. The predicted molar refractivity (Wildman–Crippen MR) is 85.2 cm³/mol. The molecule has 0 spiro atoms. The maximum atomic E-state index is 12.3. The summed E-state index contributed by atoms with van der Waals surface area (Å²) < 4.78 is 1.89. The highest BCUT2D eigenvalue weighted by molar-refractivity contribution is 5.93. The van der Waals surface area contributed by atoms with Gasteiger partial charge in [0.05, 0.1) is 17.9 Å². The van der Waals surface area contributed by atoms with E-state index in [0.717, 1.165) is 18.8 Å². The van der Waals surface area contributed by atoms with Crippen LogP contribution in [0.3, 0.4) is 0 Å². The van der Waals surface area contributed by atoms with Crippen molar-refractivity contribution in [2.24, 2.45) is 5.92 Å². The van der Waals surface area contributed by atoms with Gasteiger partial charge >= 0.3 is 6.03 Å². The Morgan fingerprint density at radius 1 is 1.30 bits per heavy atom. The third-order valence-electron chi connectivity index (χ3n) is 5.28. The number of nitrogens with one attached hydrogen (secondary N) is 1.